The number of H-pyrrole nitrogens is 1. The predicted molar refractivity (Wildman–Crippen MR) is 151 cm³/mol. The SMILES string of the molecule is CC(C)CC(=O)Nc1cncc(-c2ccc3c(c2)C(c2nc4c(-c5cccc(F)c5)cncc4[nH]2)=NCC3)c1. The number of anilines is 1. The first-order valence-electron chi connectivity index (χ1n) is 13.0. The number of carbonyl (C=O) groups is 1. The monoisotopic (exact) mass is 518 g/mol. The van der Waals surface area contributed by atoms with Crippen LogP contribution in [0.2, 0.25) is 0 Å². The second-order valence-electron chi connectivity index (χ2n) is 10.1. The van der Waals surface area contributed by atoms with Crippen LogP contribution in [0, 0.1) is 11.7 Å². The van der Waals surface area contributed by atoms with Crippen LogP contribution in [0.1, 0.15) is 37.2 Å². The number of aromatic amines is 1. The summed E-state index contributed by atoms with van der Waals surface area (Å²) in [6.45, 7) is 4.69. The second-order valence-corrected chi connectivity index (χ2v) is 10.1. The number of nitrogens with one attached hydrogen (secondary N) is 2. The molecule has 1 amide bonds. The Morgan fingerprint density at radius 2 is 1.85 bits per heavy atom. The molecule has 0 fully saturated rings. The highest BCUT2D eigenvalue weighted by Crippen LogP contribution is 2.30. The van der Waals surface area contributed by atoms with E-state index in [2.05, 4.69) is 38.5 Å². The van der Waals surface area contributed by atoms with Crippen LogP contribution < -0.4 is 5.32 Å². The van der Waals surface area contributed by atoms with Crippen LogP contribution >= 0.6 is 0 Å². The molecule has 6 rings (SSSR count). The lowest BCUT2D eigenvalue weighted by Crippen LogP contribution is -2.15. The third-order valence-electron chi connectivity index (χ3n) is 6.72. The van der Waals surface area contributed by atoms with E-state index in [1.165, 1.54) is 17.7 Å². The van der Waals surface area contributed by atoms with Crippen molar-refractivity contribution in [1.29, 1.82) is 0 Å². The minimum absolute atomic E-state index is 0.0270. The maximum Gasteiger partial charge on any atom is 0.224 e. The molecule has 0 radical (unpaired) electrons. The van der Waals surface area contributed by atoms with E-state index >= 15 is 0 Å². The summed E-state index contributed by atoms with van der Waals surface area (Å²) in [5.74, 6) is 0.581. The molecule has 0 atom stereocenters. The largest absolute Gasteiger partial charge is 0.335 e. The van der Waals surface area contributed by atoms with E-state index in [9.17, 15) is 9.18 Å². The van der Waals surface area contributed by atoms with Crippen molar-refractivity contribution in [2.24, 2.45) is 10.9 Å². The Kier molecular flexibility index (Phi) is 6.44. The molecule has 2 aromatic carbocycles. The molecule has 0 aliphatic carbocycles. The van der Waals surface area contributed by atoms with Gasteiger partial charge in [0.1, 0.15) is 11.5 Å². The molecule has 0 spiro atoms. The van der Waals surface area contributed by atoms with Crippen molar-refractivity contribution < 1.29 is 9.18 Å². The van der Waals surface area contributed by atoms with E-state index in [1.54, 1.807) is 30.9 Å². The molecule has 4 heterocycles. The lowest BCUT2D eigenvalue weighted by Gasteiger charge is -2.17. The quantitative estimate of drug-likeness (QED) is 0.280. The lowest BCUT2D eigenvalue weighted by atomic mass is 9.93. The molecule has 0 saturated carbocycles. The summed E-state index contributed by atoms with van der Waals surface area (Å²) < 4.78 is 13.9. The number of benzene rings is 2. The number of hydrogen-bond acceptors (Lipinski definition) is 5. The van der Waals surface area contributed by atoms with Crippen molar-refractivity contribution in [1.82, 2.24) is 19.9 Å². The van der Waals surface area contributed by atoms with Crippen molar-refractivity contribution in [3.8, 4) is 22.3 Å². The third-order valence-corrected chi connectivity index (χ3v) is 6.72. The highest BCUT2D eigenvalue weighted by atomic mass is 19.1. The van der Waals surface area contributed by atoms with E-state index in [1.807, 2.05) is 26.0 Å². The molecule has 194 valence electrons. The number of amides is 1. The summed E-state index contributed by atoms with van der Waals surface area (Å²) >= 11 is 0. The van der Waals surface area contributed by atoms with Gasteiger partial charge in [-0.15, -0.1) is 0 Å². The second kappa shape index (κ2) is 10.2. The van der Waals surface area contributed by atoms with E-state index in [4.69, 9.17) is 9.98 Å². The number of rotatable bonds is 6. The van der Waals surface area contributed by atoms with Gasteiger partial charge in [-0.3, -0.25) is 19.8 Å². The fourth-order valence-corrected chi connectivity index (χ4v) is 4.93. The topological polar surface area (TPSA) is 95.9 Å². The van der Waals surface area contributed by atoms with Crippen LogP contribution in [0.4, 0.5) is 10.1 Å². The van der Waals surface area contributed by atoms with E-state index in [-0.39, 0.29) is 17.6 Å². The molecule has 8 heteroatoms. The number of pyridine rings is 2. The van der Waals surface area contributed by atoms with Crippen molar-refractivity contribution >= 4 is 28.3 Å². The van der Waals surface area contributed by atoms with Gasteiger partial charge >= 0.3 is 0 Å². The number of aliphatic imine (C=N–C) groups is 1. The predicted octanol–water partition coefficient (Wildman–Crippen LogP) is 6.20. The first-order chi connectivity index (χ1) is 18.9. The number of nitrogens with zero attached hydrogens (tertiary/aromatic N) is 4. The van der Waals surface area contributed by atoms with Crippen LogP contribution in [0.15, 0.2) is 78.3 Å². The summed E-state index contributed by atoms with van der Waals surface area (Å²) in [5, 5.41) is 2.95. The highest BCUT2D eigenvalue weighted by Gasteiger charge is 2.21. The fraction of sp³-hybridized carbons (Fsp3) is 0.194. The summed E-state index contributed by atoms with van der Waals surface area (Å²) in [4.78, 5) is 34.1. The Hall–Kier alpha value is -4.72. The Labute approximate surface area is 225 Å². The van der Waals surface area contributed by atoms with Gasteiger partial charge < -0.3 is 10.3 Å². The molecule has 7 nitrogen and oxygen atoms in total. The van der Waals surface area contributed by atoms with Gasteiger partial charge in [0, 0.05) is 42.0 Å². The van der Waals surface area contributed by atoms with Crippen LogP contribution in [0.3, 0.4) is 0 Å². The van der Waals surface area contributed by atoms with Crippen LogP contribution in [-0.2, 0) is 11.2 Å². The van der Waals surface area contributed by atoms with E-state index in [0.717, 1.165) is 39.9 Å². The Morgan fingerprint density at radius 1 is 0.974 bits per heavy atom. The maximum atomic E-state index is 13.9. The van der Waals surface area contributed by atoms with E-state index < -0.39 is 0 Å². The van der Waals surface area contributed by atoms with Crippen LogP contribution in [-0.4, -0.2) is 38.1 Å². The van der Waals surface area contributed by atoms with Crippen LogP contribution in [0.25, 0.3) is 33.3 Å². The first kappa shape index (κ1) is 24.6. The van der Waals surface area contributed by atoms with Crippen molar-refractivity contribution in [3.05, 3.63) is 96.1 Å². The molecule has 0 unspecified atom stereocenters. The van der Waals surface area contributed by atoms with Crippen molar-refractivity contribution in [2.75, 3.05) is 11.9 Å². The molecular weight excluding hydrogens is 491 g/mol. The zero-order valence-electron chi connectivity index (χ0n) is 21.7. The average Bonchev–Trinajstić information content (AvgIpc) is 3.36. The molecule has 2 N–H and O–H groups in total. The third kappa shape index (κ3) is 5.05. The van der Waals surface area contributed by atoms with Gasteiger partial charge in [-0.2, -0.15) is 0 Å². The number of carbonyl (C=O) groups excluding carboxylic acids is 1. The van der Waals surface area contributed by atoms with Gasteiger partial charge in [0.05, 0.1) is 29.1 Å². The van der Waals surface area contributed by atoms with Crippen LogP contribution in [0.5, 0.6) is 0 Å². The smallest absolute Gasteiger partial charge is 0.224 e. The normalized spacial score (nSPS) is 12.9. The minimum Gasteiger partial charge on any atom is -0.335 e. The first-order valence-corrected chi connectivity index (χ1v) is 13.0. The number of hydrogen-bond donors (Lipinski definition) is 2. The molecule has 3 aromatic heterocycles. The summed E-state index contributed by atoms with van der Waals surface area (Å²) in [6, 6.07) is 14.7. The number of fused-ring (bicyclic) bond motifs is 2. The molecule has 0 bridgehead atoms. The van der Waals surface area contributed by atoms with Gasteiger partial charge in [-0.25, -0.2) is 9.37 Å². The van der Waals surface area contributed by atoms with Gasteiger partial charge in [-0.05, 0) is 53.3 Å². The number of imidazole rings is 1. The molecule has 39 heavy (non-hydrogen) atoms. The molecule has 5 aromatic rings. The Bertz CT molecular complexity index is 1740. The van der Waals surface area contributed by atoms with Crippen molar-refractivity contribution in [2.45, 2.75) is 26.7 Å². The molecular formula is C31H27FN6O. The molecule has 1 aliphatic rings. The minimum atomic E-state index is -0.309. The molecule has 0 saturated heterocycles. The fourth-order valence-electron chi connectivity index (χ4n) is 4.93. The van der Waals surface area contributed by atoms with Gasteiger partial charge in [0.25, 0.3) is 0 Å². The lowest BCUT2D eigenvalue weighted by molar-refractivity contribution is -0.116. The van der Waals surface area contributed by atoms with E-state index in [0.29, 0.717) is 35.6 Å². The molecule has 1 aliphatic heterocycles. The van der Waals surface area contributed by atoms with Gasteiger partial charge in [0.2, 0.25) is 5.91 Å². The highest BCUT2D eigenvalue weighted by molar-refractivity contribution is 6.14. The summed E-state index contributed by atoms with van der Waals surface area (Å²) in [6.07, 6.45) is 8.16. The Balaban J connectivity index is 1.36. The standard InChI is InChI=1S/C31H27FN6O/c1-18(2)10-28(39)36-24-12-22(14-33-15-24)20-7-6-19-8-9-35-30(25(19)13-20)31-37-27-17-34-16-26(29(27)38-31)21-4-3-5-23(32)11-21/h3-7,11-18H,8-10H2,1-2H3,(H,36,39)(H,37,38). The number of aromatic nitrogens is 4. The summed E-state index contributed by atoms with van der Waals surface area (Å²) in [5.41, 5.74) is 8.41. The van der Waals surface area contributed by atoms with Crippen molar-refractivity contribution in [3.63, 3.8) is 0 Å². The van der Waals surface area contributed by atoms with Gasteiger partial charge in [-0.1, -0.05) is 38.1 Å². The zero-order valence-corrected chi connectivity index (χ0v) is 21.7. The summed E-state index contributed by atoms with van der Waals surface area (Å²) in [7, 11) is 0. The zero-order chi connectivity index (χ0) is 26.9. The van der Waals surface area contributed by atoms with Gasteiger partial charge in [0.15, 0.2) is 5.82 Å². The Morgan fingerprint density at radius 3 is 2.69 bits per heavy atom. The maximum absolute atomic E-state index is 13.9. The average molecular weight is 519 g/mol. The number of halogens is 1.